The van der Waals surface area contributed by atoms with Gasteiger partial charge in [0.15, 0.2) is 0 Å². The van der Waals surface area contributed by atoms with Gasteiger partial charge in [0.1, 0.15) is 16.7 Å². The maximum absolute atomic E-state index is 13.3. The third-order valence-corrected chi connectivity index (χ3v) is 6.00. The average molecular weight is 416 g/mol. The highest BCUT2D eigenvalue weighted by molar-refractivity contribution is 5.72. The van der Waals surface area contributed by atoms with E-state index in [9.17, 15) is 9.90 Å². The number of hydrogen-bond acceptors (Lipinski definition) is 3. The third-order valence-electron chi connectivity index (χ3n) is 6.00. The molecule has 4 heteroatoms. The molecular weight excluding hydrogens is 386 g/mol. The first-order valence-corrected chi connectivity index (χ1v) is 10.7. The number of benzene rings is 3. The molecule has 0 radical (unpaired) electrons. The van der Waals surface area contributed by atoms with E-state index in [1.165, 1.54) is 0 Å². The van der Waals surface area contributed by atoms with Gasteiger partial charge in [-0.25, -0.2) is 4.79 Å². The fourth-order valence-electron chi connectivity index (χ4n) is 4.61. The van der Waals surface area contributed by atoms with E-state index in [-0.39, 0.29) is 0 Å². The van der Waals surface area contributed by atoms with Gasteiger partial charge in [0.05, 0.1) is 0 Å². The van der Waals surface area contributed by atoms with Gasteiger partial charge < -0.3 is 9.84 Å². The lowest BCUT2D eigenvalue weighted by Crippen LogP contribution is -2.70. The van der Waals surface area contributed by atoms with Crippen LogP contribution < -0.4 is 0 Å². The van der Waals surface area contributed by atoms with Gasteiger partial charge in [0, 0.05) is 6.54 Å². The number of nitrogens with zero attached hydrogens (tertiary/aromatic N) is 1. The molecular formula is C27H29NO3. The number of hydrogen-bond donors (Lipinski definition) is 1. The predicted octanol–water partition coefficient (Wildman–Crippen LogP) is 5.46. The first-order valence-electron chi connectivity index (χ1n) is 10.7. The van der Waals surface area contributed by atoms with Gasteiger partial charge in [0.2, 0.25) is 0 Å². The smallest absolute Gasteiger partial charge is 0.411 e. The van der Waals surface area contributed by atoms with Crippen LogP contribution in [0.5, 0.6) is 0 Å². The Balaban J connectivity index is 1.97. The van der Waals surface area contributed by atoms with E-state index in [2.05, 4.69) is 0 Å². The van der Waals surface area contributed by atoms with Gasteiger partial charge in [-0.2, -0.15) is 0 Å². The van der Waals surface area contributed by atoms with Crippen LogP contribution in [0.2, 0.25) is 0 Å². The molecule has 31 heavy (non-hydrogen) atoms. The normalized spacial score (nSPS) is 18.9. The molecule has 1 amide bonds. The fraction of sp³-hybridized carbons (Fsp3) is 0.296. The largest absolute Gasteiger partial charge is 0.444 e. The summed E-state index contributed by atoms with van der Waals surface area (Å²) < 4.78 is 5.76. The van der Waals surface area contributed by atoms with Crippen molar-refractivity contribution in [2.45, 2.75) is 43.9 Å². The Kier molecular flexibility index (Phi) is 5.36. The van der Waals surface area contributed by atoms with Gasteiger partial charge in [-0.1, -0.05) is 91.0 Å². The molecule has 4 rings (SSSR count). The molecule has 1 aliphatic rings. The number of ether oxygens (including phenoxy) is 1. The molecule has 1 N–H and O–H groups in total. The summed E-state index contributed by atoms with van der Waals surface area (Å²) in [4.78, 5) is 15.0. The molecule has 3 aromatic carbocycles. The second-order valence-electron chi connectivity index (χ2n) is 9.05. The molecule has 1 unspecified atom stereocenters. The summed E-state index contributed by atoms with van der Waals surface area (Å²) in [6.45, 7) is 6.08. The molecule has 0 aromatic heterocycles. The van der Waals surface area contributed by atoms with Crippen molar-refractivity contribution in [3.8, 4) is 0 Å². The summed E-state index contributed by atoms with van der Waals surface area (Å²) in [5.41, 5.74) is -0.753. The van der Waals surface area contributed by atoms with Crippen LogP contribution >= 0.6 is 0 Å². The lowest BCUT2D eigenvalue weighted by molar-refractivity contribution is -0.151. The van der Waals surface area contributed by atoms with Gasteiger partial charge >= 0.3 is 6.09 Å². The Morgan fingerprint density at radius 1 is 0.839 bits per heavy atom. The van der Waals surface area contributed by atoms with Crippen molar-refractivity contribution < 1.29 is 14.6 Å². The van der Waals surface area contributed by atoms with Crippen LogP contribution in [0.3, 0.4) is 0 Å². The summed E-state index contributed by atoms with van der Waals surface area (Å²) in [6.07, 6.45) is 0.184. The number of likely N-dealkylation sites (tertiary alicyclic amines) is 1. The van der Waals surface area contributed by atoms with Gasteiger partial charge in [-0.05, 0) is 43.9 Å². The number of rotatable bonds is 4. The lowest BCUT2D eigenvalue weighted by Gasteiger charge is -2.60. The fourth-order valence-corrected chi connectivity index (χ4v) is 4.61. The second-order valence-corrected chi connectivity index (χ2v) is 9.05. The van der Waals surface area contributed by atoms with Crippen molar-refractivity contribution in [3.63, 3.8) is 0 Å². The molecule has 0 bridgehead atoms. The molecule has 1 atom stereocenters. The quantitative estimate of drug-likeness (QED) is 0.616. The molecule has 1 saturated heterocycles. The van der Waals surface area contributed by atoms with Crippen LogP contribution in [0.1, 0.15) is 43.9 Å². The molecule has 4 nitrogen and oxygen atoms in total. The molecule has 0 aliphatic carbocycles. The average Bonchev–Trinajstić information content (AvgIpc) is 2.74. The van der Waals surface area contributed by atoms with Crippen molar-refractivity contribution in [2.24, 2.45) is 0 Å². The van der Waals surface area contributed by atoms with E-state index in [1.807, 2.05) is 112 Å². The predicted molar refractivity (Wildman–Crippen MR) is 122 cm³/mol. The van der Waals surface area contributed by atoms with Crippen LogP contribution in [0, 0.1) is 0 Å². The summed E-state index contributed by atoms with van der Waals surface area (Å²) in [5, 5.41) is 12.6. The zero-order valence-corrected chi connectivity index (χ0v) is 18.3. The summed E-state index contributed by atoms with van der Waals surface area (Å²) in [7, 11) is 0. The van der Waals surface area contributed by atoms with E-state index in [4.69, 9.17) is 4.74 Å². The van der Waals surface area contributed by atoms with Crippen molar-refractivity contribution in [3.05, 3.63) is 108 Å². The highest BCUT2D eigenvalue weighted by Crippen LogP contribution is 2.56. The topological polar surface area (TPSA) is 49.8 Å². The molecule has 0 spiro atoms. The van der Waals surface area contributed by atoms with Gasteiger partial charge in [-0.3, -0.25) is 4.90 Å². The molecule has 160 valence electrons. The van der Waals surface area contributed by atoms with E-state index in [0.717, 1.165) is 16.7 Å². The monoisotopic (exact) mass is 415 g/mol. The zero-order valence-electron chi connectivity index (χ0n) is 18.3. The Hall–Kier alpha value is -3.11. The van der Waals surface area contributed by atoms with E-state index >= 15 is 0 Å². The minimum atomic E-state index is -1.47. The number of amides is 1. The third kappa shape index (κ3) is 3.51. The Labute approximate surface area is 184 Å². The van der Waals surface area contributed by atoms with Crippen molar-refractivity contribution in [1.82, 2.24) is 4.90 Å². The first kappa shape index (κ1) is 21.1. The van der Waals surface area contributed by atoms with Crippen molar-refractivity contribution in [1.29, 1.82) is 0 Å². The van der Waals surface area contributed by atoms with Crippen LogP contribution in [-0.2, 0) is 15.9 Å². The van der Waals surface area contributed by atoms with Gasteiger partial charge in [-0.15, -0.1) is 0 Å². The maximum atomic E-state index is 13.3. The van der Waals surface area contributed by atoms with Crippen LogP contribution in [-0.4, -0.2) is 28.2 Å². The standard InChI is InChI=1S/C27H29NO3/c1-25(2,3)31-24(29)28-20-19-26(28,21-13-7-4-8-14-21)27(30,22-15-9-5-10-16-22)23-17-11-6-12-18-23/h4-18,30H,19-20H2,1-3H3. The van der Waals surface area contributed by atoms with Crippen LogP contribution in [0.15, 0.2) is 91.0 Å². The van der Waals surface area contributed by atoms with Crippen molar-refractivity contribution in [2.75, 3.05) is 6.54 Å². The number of carbonyl (C=O) groups is 1. The summed E-state index contributed by atoms with van der Waals surface area (Å²) >= 11 is 0. The molecule has 1 heterocycles. The summed E-state index contributed by atoms with van der Waals surface area (Å²) in [5.74, 6) is 0. The summed E-state index contributed by atoms with van der Waals surface area (Å²) in [6, 6.07) is 29.0. The van der Waals surface area contributed by atoms with E-state index < -0.39 is 22.8 Å². The second kappa shape index (κ2) is 7.86. The highest BCUT2D eigenvalue weighted by atomic mass is 16.6. The van der Waals surface area contributed by atoms with Crippen LogP contribution in [0.4, 0.5) is 4.79 Å². The SMILES string of the molecule is CC(C)(C)OC(=O)N1CCC1(c1ccccc1)C(O)(c1ccccc1)c1ccccc1. The Bertz CT molecular complexity index is 989. The number of aliphatic hydroxyl groups is 1. The first-order chi connectivity index (χ1) is 14.8. The number of carbonyl (C=O) groups excluding carboxylic acids is 1. The molecule has 3 aromatic rings. The van der Waals surface area contributed by atoms with Crippen LogP contribution in [0.25, 0.3) is 0 Å². The maximum Gasteiger partial charge on any atom is 0.411 e. The molecule has 1 aliphatic heterocycles. The van der Waals surface area contributed by atoms with E-state index in [0.29, 0.717) is 13.0 Å². The molecule has 1 fully saturated rings. The minimum Gasteiger partial charge on any atom is -0.444 e. The lowest BCUT2D eigenvalue weighted by atomic mass is 9.61. The van der Waals surface area contributed by atoms with E-state index in [1.54, 1.807) is 4.90 Å². The highest BCUT2D eigenvalue weighted by Gasteiger charge is 2.64. The Morgan fingerprint density at radius 2 is 1.29 bits per heavy atom. The Morgan fingerprint density at radius 3 is 1.68 bits per heavy atom. The van der Waals surface area contributed by atoms with Crippen molar-refractivity contribution >= 4 is 6.09 Å². The minimum absolute atomic E-state index is 0.423. The zero-order chi connectivity index (χ0) is 22.1. The van der Waals surface area contributed by atoms with Gasteiger partial charge in [0.25, 0.3) is 0 Å². The molecule has 0 saturated carbocycles.